The van der Waals surface area contributed by atoms with Crippen molar-refractivity contribution in [2.45, 2.75) is 19.0 Å². The summed E-state index contributed by atoms with van der Waals surface area (Å²) in [6, 6.07) is 24.0. The van der Waals surface area contributed by atoms with Crippen LogP contribution in [0.5, 0.6) is 0 Å². The monoisotopic (exact) mass is 376 g/mol. The Morgan fingerprint density at radius 1 is 0.821 bits per heavy atom. The van der Waals surface area contributed by atoms with Crippen molar-refractivity contribution in [3.05, 3.63) is 107 Å². The van der Waals surface area contributed by atoms with Crippen LogP contribution in [0.25, 0.3) is 0 Å². The maximum atomic E-state index is 13.7. The number of carbonyl (C=O) groups is 2. The largest absolute Gasteiger partial charge is 0.352 e. The molecule has 142 valence electrons. The van der Waals surface area contributed by atoms with Crippen molar-refractivity contribution in [2.75, 3.05) is 0 Å². The van der Waals surface area contributed by atoms with E-state index in [4.69, 9.17) is 0 Å². The maximum absolute atomic E-state index is 13.7. The molecule has 1 atom stereocenters. The molecule has 2 N–H and O–H groups in total. The molecule has 0 saturated carbocycles. The van der Waals surface area contributed by atoms with Crippen LogP contribution in [0.15, 0.2) is 84.9 Å². The Bertz CT molecular complexity index is 930. The second kappa shape index (κ2) is 9.46. The van der Waals surface area contributed by atoms with E-state index in [0.717, 1.165) is 5.56 Å². The van der Waals surface area contributed by atoms with Gasteiger partial charge in [0.05, 0.1) is 12.5 Å². The van der Waals surface area contributed by atoms with Crippen LogP contribution in [0.2, 0.25) is 0 Å². The minimum absolute atomic E-state index is 0.0526. The van der Waals surface area contributed by atoms with E-state index in [1.165, 1.54) is 6.07 Å². The van der Waals surface area contributed by atoms with E-state index in [-0.39, 0.29) is 30.6 Å². The number of rotatable bonds is 7. The fourth-order valence-corrected chi connectivity index (χ4v) is 2.86. The highest BCUT2D eigenvalue weighted by Crippen LogP contribution is 2.18. The van der Waals surface area contributed by atoms with Crippen molar-refractivity contribution < 1.29 is 14.0 Å². The lowest BCUT2D eigenvalue weighted by Gasteiger charge is -2.19. The number of nitrogens with one attached hydrogen (secondary N) is 2. The summed E-state index contributed by atoms with van der Waals surface area (Å²) in [5.74, 6) is -0.887. The van der Waals surface area contributed by atoms with Gasteiger partial charge in [-0.25, -0.2) is 4.39 Å². The van der Waals surface area contributed by atoms with Gasteiger partial charge in [-0.2, -0.15) is 0 Å². The smallest absolute Gasteiger partial charge is 0.251 e. The second-order valence-corrected chi connectivity index (χ2v) is 6.38. The van der Waals surface area contributed by atoms with Gasteiger partial charge in [0.2, 0.25) is 5.91 Å². The first-order valence-corrected chi connectivity index (χ1v) is 9.04. The molecule has 28 heavy (non-hydrogen) atoms. The molecule has 3 rings (SSSR count). The maximum Gasteiger partial charge on any atom is 0.251 e. The van der Waals surface area contributed by atoms with E-state index in [9.17, 15) is 14.0 Å². The molecule has 4 nitrogen and oxygen atoms in total. The van der Waals surface area contributed by atoms with E-state index < -0.39 is 6.04 Å². The summed E-state index contributed by atoms with van der Waals surface area (Å²) in [7, 11) is 0. The Balaban J connectivity index is 1.68. The molecule has 0 aliphatic rings. The van der Waals surface area contributed by atoms with Crippen molar-refractivity contribution in [3.63, 3.8) is 0 Å². The first kappa shape index (κ1) is 19.3. The van der Waals surface area contributed by atoms with Crippen molar-refractivity contribution in [1.29, 1.82) is 0 Å². The van der Waals surface area contributed by atoms with Gasteiger partial charge < -0.3 is 10.6 Å². The fourth-order valence-electron chi connectivity index (χ4n) is 2.86. The SMILES string of the molecule is O=C(C[C@@H](NC(=O)c1ccccc1)c1ccccc1)NCc1ccccc1F. The number of benzene rings is 3. The summed E-state index contributed by atoms with van der Waals surface area (Å²) in [4.78, 5) is 25.0. The molecule has 0 saturated heterocycles. The average Bonchev–Trinajstić information content (AvgIpc) is 2.74. The quantitative estimate of drug-likeness (QED) is 0.655. The molecule has 0 radical (unpaired) electrons. The number of hydrogen-bond acceptors (Lipinski definition) is 2. The Hall–Kier alpha value is -3.47. The predicted molar refractivity (Wildman–Crippen MR) is 106 cm³/mol. The summed E-state index contributed by atoms with van der Waals surface area (Å²) in [6.07, 6.45) is 0.0526. The standard InChI is InChI=1S/C23H21FN2O2/c24-20-14-8-7-13-19(20)16-25-22(27)15-21(17-9-3-1-4-10-17)26-23(28)18-11-5-2-6-12-18/h1-14,21H,15-16H2,(H,25,27)(H,26,28)/t21-/m1/s1. The van der Waals surface area contributed by atoms with E-state index in [2.05, 4.69) is 10.6 Å². The highest BCUT2D eigenvalue weighted by Gasteiger charge is 2.19. The van der Waals surface area contributed by atoms with E-state index in [0.29, 0.717) is 11.1 Å². The normalized spacial score (nSPS) is 11.5. The fraction of sp³-hybridized carbons (Fsp3) is 0.130. The third-order valence-electron chi connectivity index (χ3n) is 4.37. The molecule has 0 fully saturated rings. The molecule has 0 aliphatic heterocycles. The summed E-state index contributed by atoms with van der Waals surface area (Å²) in [5, 5.41) is 5.64. The molecule has 0 spiro atoms. The molecular formula is C23H21FN2O2. The van der Waals surface area contributed by atoms with Crippen LogP contribution in [-0.2, 0) is 11.3 Å². The predicted octanol–water partition coefficient (Wildman–Crippen LogP) is 4.00. The Kier molecular flexibility index (Phi) is 6.52. The second-order valence-electron chi connectivity index (χ2n) is 6.38. The average molecular weight is 376 g/mol. The van der Waals surface area contributed by atoms with Gasteiger partial charge in [0, 0.05) is 17.7 Å². The molecule has 3 aromatic rings. The van der Waals surface area contributed by atoms with Gasteiger partial charge >= 0.3 is 0 Å². The van der Waals surface area contributed by atoms with Crippen LogP contribution >= 0.6 is 0 Å². The first-order valence-electron chi connectivity index (χ1n) is 9.04. The van der Waals surface area contributed by atoms with Crippen LogP contribution < -0.4 is 10.6 Å². The number of hydrogen-bond donors (Lipinski definition) is 2. The molecule has 5 heteroatoms. The van der Waals surface area contributed by atoms with Gasteiger partial charge in [0.15, 0.2) is 0 Å². The van der Waals surface area contributed by atoms with Gasteiger partial charge in [-0.05, 0) is 23.8 Å². The third-order valence-corrected chi connectivity index (χ3v) is 4.37. The van der Waals surface area contributed by atoms with E-state index in [1.54, 1.807) is 42.5 Å². The minimum atomic E-state index is -0.491. The summed E-state index contributed by atoms with van der Waals surface area (Å²) in [5.41, 5.74) is 1.77. The lowest BCUT2D eigenvalue weighted by Crippen LogP contribution is -2.33. The van der Waals surface area contributed by atoms with Crippen LogP contribution in [0.4, 0.5) is 4.39 Å². The summed E-state index contributed by atoms with van der Waals surface area (Å²) >= 11 is 0. The molecule has 0 bridgehead atoms. The summed E-state index contributed by atoms with van der Waals surface area (Å²) < 4.78 is 13.7. The van der Waals surface area contributed by atoms with Gasteiger partial charge in [0.25, 0.3) is 5.91 Å². The zero-order valence-corrected chi connectivity index (χ0v) is 15.3. The topological polar surface area (TPSA) is 58.2 Å². The number of halogens is 1. The van der Waals surface area contributed by atoms with Gasteiger partial charge in [-0.3, -0.25) is 9.59 Å². The zero-order valence-electron chi connectivity index (χ0n) is 15.3. The molecule has 2 amide bonds. The highest BCUT2D eigenvalue weighted by molar-refractivity contribution is 5.94. The van der Waals surface area contributed by atoms with Crippen molar-refractivity contribution in [1.82, 2.24) is 10.6 Å². The molecule has 3 aromatic carbocycles. The van der Waals surface area contributed by atoms with Crippen molar-refractivity contribution >= 4 is 11.8 Å². The van der Waals surface area contributed by atoms with Crippen LogP contribution in [0.3, 0.4) is 0 Å². The van der Waals surface area contributed by atoms with Crippen molar-refractivity contribution in [3.8, 4) is 0 Å². The minimum Gasteiger partial charge on any atom is -0.352 e. The van der Waals surface area contributed by atoms with E-state index >= 15 is 0 Å². The molecule has 0 heterocycles. The summed E-state index contributed by atoms with van der Waals surface area (Å²) in [6.45, 7) is 0.0969. The van der Waals surface area contributed by atoms with Gasteiger partial charge in [0.1, 0.15) is 5.82 Å². The Morgan fingerprint density at radius 2 is 1.43 bits per heavy atom. The Labute approximate surface area is 163 Å². The molecular weight excluding hydrogens is 355 g/mol. The lowest BCUT2D eigenvalue weighted by molar-refractivity contribution is -0.121. The van der Waals surface area contributed by atoms with Crippen LogP contribution in [0, 0.1) is 5.82 Å². The Morgan fingerprint density at radius 3 is 2.11 bits per heavy atom. The van der Waals surface area contributed by atoms with Gasteiger partial charge in [-0.1, -0.05) is 66.7 Å². The van der Waals surface area contributed by atoms with Gasteiger partial charge in [-0.15, -0.1) is 0 Å². The molecule has 0 unspecified atom stereocenters. The number of amides is 2. The zero-order chi connectivity index (χ0) is 19.8. The van der Waals surface area contributed by atoms with Crippen LogP contribution in [0.1, 0.15) is 33.9 Å². The molecule has 0 aromatic heterocycles. The highest BCUT2D eigenvalue weighted by atomic mass is 19.1. The third kappa shape index (κ3) is 5.27. The van der Waals surface area contributed by atoms with Crippen LogP contribution in [-0.4, -0.2) is 11.8 Å². The number of carbonyl (C=O) groups excluding carboxylic acids is 2. The van der Waals surface area contributed by atoms with Crippen molar-refractivity contribution in [2.24, 2.45) is 0 Å². The lowest BCUT2D eigenvalue weighted by atomic mass is 10.0. The van der Waals surface area contributed by atoms with E-state index in [1.807, 2.05) is 36.4 Å². The molecule has 0 aliphatic carbocycles. The first-order chi connectivity index (χ1) is 13.6.